The summed E-state index contributed by atoms with van der Waals surface area (Å²) in [6, 6.07) is 15.5. The molecule has 2 aromatic rings. The van der Waals surface area contributed by atoms with Crippen LogP contribution in [0.1, 0.15) is 12.0 Å². The van der Waals surface area contributed by atoms with E-state index in [1.807, 2.05) is 67.5 Å². The van der Waals surface area contributed by atoms with E-state index >= 15 is 0 Å². The molecule has 0 spiro atoms. The molecule has 0 bridgehead atoms. The van der Waals surface area contributed by atoms with Crippen LogP contribution in [0.2, 0.25) is 0 Å². The summed E-state index contributed by atoms with van der Waals surface area (Å²) in [6.45, 7) is 1.47. The SMILES string of the molecule is CN(C)CC(C[C@@H]1COc2ccc(OCc3ccccc3)cc2O1)C(N)=O. The van der Waals surface area contributed by atoms with E-state index in [1.54, 1.807) is 0 Å². The van der Waals surface area contributed by atoms with E-state index in [9.17, 15) is 4.79 Å². The number of nitrogens with zero attached hydrogens (tertiary/aromatic N) is 1. The number of hydrogen-bond donors (Lipinski definition) is 1. The molecule has 0 aliphatic carbocycles. The summed E-state index contributed by atoms with van der Waals surface area (Å²) in [4.78, 5) is 13.7. The largest absolute Gasteiger partial charge is 0.489 e. The predicted molar refractivity (Wildman–Crippen MR) is 103 cm³/mol. The fourth-order valence-electron chi connectivity index (χ4n) is 3.08. The third-order valence-corrected chi connectivity index (χ3v) is 4.42. The van der Waals surface area contributed by atoms with Crippen LogP contribution in [0.4, 0.5) is 0 Å². The van der Waals surface area contributed by atoms with Gasteiger partial charge >= 0.3 is 0 Å². The van der Waals surface area contributed by atoms with E-state index in [0.717, 1.165) is 5.56 Å². The van der Waals surface area contributed by atoms with Gasteiger partial charge in [-0.15, -0.1) is 0 Å². The van der Waals surface area contributed by atoms with Crippen LogP contribution < -0.4 is 19.9 Å². The molecule has 0 saturated heterocycles. The van der Waals surface area contributed by atoms with Crippen LogP contribution in [-0.4, -0.2) is 44.2 Å². The highest BCUT2D eigenvalue weighted by atomic mass is 16.6. The molecule has 1 unspecified atom stereocenters. The summed E-state index contributed by atoms with van der Waals surface area (Å²) in [5.41, 5.74) is 6.63. The van der Waals surface area contributed by atoms with Gasteiger partial charge in [-0.2, -0.15) is 0 Å². The first-order valence-corrected chi connectivity index (χ1v) is 9.05. The number of carbonyl (C=O) groups excluding carboxylic acids is 1. The highest BCUT2D eigenvalue weighted by Crippen LogP contribution is 2.36. The lowest BCUT2D eigenvalue weighted by atomic mass is 10.00. The molecule has 0 saturated carbocycles. The van der Waals surface area contributed by atoms with E-state index in [-0.39, 0.29) is 17.9 Å². The van der Waals surface area contributed by atoms with Crippen molar-refractivity contribution < 1.29 is 19.0 Å². The number of fused-ring (bicyclic) bond motifs is 1. The van der Waals surface area contributed by atoms with Gasteiger partial charge in [0.15, 0.2) is 11.5 Å². The summed E-state index contributed by atoms with van der Waals surface area (Å²) in [5.74, 6) is 1.42. The minimum atomic E-state index is -0.321. The lowest BCUT2D eigenvalue weighted by Gasteiger charge is -2.29. The predicted octanol–water partition coefficient (Wildman–Crippen LogP) is 2.46. The Bertz CT molecular complexity index is 764. The van der Waals surface area contributed by atoms with Crippen LogP contribution in [0.25, 0.3) is 0 Å². The molecule has 144 valence electrons. The molecular formula is C21H26N2O4. The topological polar surface area (TPSA) is 74.0 Å². The number of rotatable bonds is 8. The van der Waals surface area contributed by atoms with Crippen LogP contribution in [-0.2, 0) is 11.4 Å². The van der Waals surface area contributed by atoms with Gasteiger partial charge in [-0.05, 0) is 31.8 Å². The zero-order chi connectivity index (χ0) is 19.2. The summed E-state index contributed by atoms with van der Waals surface area (Å²) in [7, 11) is 3.83. The van der Waals surface area contributed by atoms with Crippen molar-refractivity contribution in [1.29, 1.82) is 0 Å². The Morgan fingerprint density at radius 2 is 2.00 bits per heavy atom. The first-order valence-electron chi connectivity index (χ1n) is 9.05. The average molecular weight is 370 g/mol. The molecule has 0 fully saturated rings. The third kappa shape index (κ3) is 5.37. The Morgan fingerprint density at radius 1 is 1.22 bits per heavy atom. The fraction of sp³-hybridized carbons (Fsp3) is 0.381. The van der Waals surface area contributed by atoms with Crippen LogP contribution in [0.5, 0.6) is 17.2 Å². The first-order chi connectivity index (χ1) is 13.0. The first kappa shape index (κ1) is 19.0. The fourth-order valence-corrected chi connectivity index (χ4v) is 3.08. The Balaban J connectivity index is 1.62. The van der Waals surface area contributed by atoms with E-state index in [0.29, 0.717) is 43.4 Å². The lowest BCUT2D eigenvalue weighted by Crippen LogP contribution is -2.39. The maximum absolute atomic E-state index is 11.7. The quantitative estimate of drug-likeness (QED) is 0.773. The van der Waals surface area contributed by atoms with Gasteiger partial charge in [0.2, 0.25) is 5.91 Å². The van der Waals surface area contributed by atoms with Gasteiger partial charge in [0.25, 0.3) is 0 Å². The summed E-state index contributed by atoms with van der Waals surface area (Å²) in [6.07, 6.45) is 0.293. The van der Waals surface area contributed by atoms with Gasteiger partial charge < -0.3 is 24.8 Å². The van der Waals surface area contributed by atoms with E-state index < -0.39 is 0 Å². The molecular weight excluding hydrogens is 344 g/mol. The van der Waals surface area contributed by atoms with Gasteiger partial charge in [-0.3, -0.25) is 4.79 Å². The molecule has 2 N–H and O–H groups in total. The molecule has 2 atom stereocenters. The van der Waals surface area contributed by atoms with Gasteiger partial charge in [-0.25, -0.2) is 0 Å². The molecule has 1 aliphatic rings. The molecule has 6 nitrogen and oxygen atoms in total. The number of benzene rings is 2. The monoisotopic (exact) mass is 370 g/mol. The minimum absolute atomic E-state index is 0.223. The maximum atomic E-state index is 11.7. The number of amides is 1. The Kier molecular flexibility index (Phi) is 6.19. The normalized spacial score (nSPS) is 16.8. The maximum Gasteiger partial charge on any atom is 0.221 e. The smallest absolute Gasteiger partial charge is 0.221 e. The summed E-state index contributed by atoms with van der Waals surface area (Å²) in [5, 5.41) is 0. The second-order valence-electron chi connectivity index (χ2n) is 7.03. The highest BCUT2D eigenvalue weighted by Gasteiger charge is 2.27. The third-order valence-electron chi connectivity index (χ3n) is 4.42. The van der Waals surface area contributed by atoms with Crippen molar-refractivity contribution in [2.75, 3.05) is 27.2 Å². The molecule has 2 aromatic carbocycles. The van der Waals surface area contributed by atoms with Crippen LogP contribution >= 0.6 is 0 Å². The van der Waals surface area contributed by atoms with E-state index in [1.165, 1.54) is 0 Å². The number of ether oxygens (including phenoxy) is 3. The van der Waals surface area contributed by atoms with Crippen molar-refractivity contribution in [3.63, 3.8) is 0 Å². The summed E-state index contributed by atoms with van der Waals surface area (Å²) < 4.78 is 17.7. The molecule has 6 heteroatoms. The molecule has 27 heavy (non-hydrogen) atoms. The number of primary amides is 1. The molecule has 0 radical (unpaired) electrons. The Morgan fingerprint density at radius 3 is 2.70 bits per heavy atom. The lowest BCUT2D eigenvalue weighted by molar-refractivity contribution is -0.123. The summed E-state index contributed by atoms with van der Waals surface area (Å²) >= 11 is 0. The number of hydrogen-bond acceptors (Lipinski definition) is 5. The van der Waals surface area contributed by atoms with Crippen molar-refractivity contribution in [1.82, 2.24) is 4.90 Å². The Labute approximate surface area is 159 Å². The molecule has 0 aromatic heterocycles. The zero-order valence-corrected chi connectivity index (χ0v) is 15.8. The molecule has 1 aliphatic heterocycles. The second-order valence-corrected chi connectivity index (χ2v) is 7.03. The van der Waals surface area contributed by atoms with Gasteiger partial charge in [0, 0.05) is 19.0 Å². The van der Waals surface area contributed by atoms with Crippen molar-refractivity contribution in [2.24, 2.45) is 11.7 Å². The molecule has 1 heterocycles. The minimum Gasteiger partial charge on any atom is -0.489 e. The van der Waals surface area contributed by atoms with Crippen molar-refractivity contribution in [3.8, 4) is 17.2 Å². The van der Waals surface area contributed by atoms with Crippen LogP contribution in [0.15, 0.2) is 48.5 Å². The van der Waals surface area contributed by atoms with E-state index in [2.05, 4.69) is 0 Å². The second kappa shape index (κ2) is 8.77. The molecule has 3 rings (SSSR count). The van der Waals surface area contributed by atoms with Crippen molar-refractivity contribution in [3.05, 3.63) is 54.1 Å². The van der Waals surface area contributed by atoms with Gasteiger partial charge in [-0.1, -0.05) is 30.3 Å². The van der Waals surface area contributed by atoms with Crippen molar-refractivity contribution >= 4 is 5.91 Å². The Hall–Kier alpha value is -2.73. The number of carbonyl (C=O) groups is 1. The highest BCUT2D eigenvalue weighted by molar-refractivity contribution is 5.76. The van der Waals surface area contributed by atoms with E-state index in [4.69, 9.17) is 19.9 Å². The van der Waals surface area contributed by atoms with Crippen LogP contribution in [0, 0.1) is 5.92 Å². The average Bonchev–Trinajstić information content (AvgIpc) is 2.66. The van der Waals surface area contributed by atoms with Gasteiger partial charge in [0.05, 0.1) is 5.92 Å². The van der Waals surface area contributed by atoms with Crippen molar-refractivity contribution in [2.45, 2.75) is 19.1 Å². The van der Waals surface area contributed by atoms with Gasteiger partial charge in [0.1, 0.15) is 25.1 Å². The zero-order valence-electron chi connectivity index (χ0n) is 15.8. The number of nitrogens with two attached hydrogens (primary N) is 1. The van der Waals surface area contributed by atoms with Crippen LogP contribution in [0.3, 0.4) is 0 Å². The standard InChI is InChI=1S/C21H26N2O4/c1-23(2)12-16(21(22)24)10-18-14-26-19-9-8-17(11-20(19)27-18)25-13-15-6-4-3-5-7-15/h3-9,11,16,18H,10,12-14H2,1-2H3,(H2,22,24)/t16?,18-/m1/s1. The molecule has 1 amide bonds.